The first-order chi connectivity index (χ1) is 11.0. The number of rotatable bonds is 3. The number of aromatic nitrogens is 2. The highest BCUT2D eigenvalue weighted by molar-refractivity contribution is 9.10. The Hall–Kier alpha value is -1.37. The SMILES string of the molecule is CN(C)[C@H]1CCCn2nc(C(=O)Nc3cccc(Br)c3Cl)cc21. The first kappa shape index (κ1) is 16.5. The highest BCUT2D eigenvalue weighted by atomic mass is 79.9. The van der Waals surface area contributed by atoms with E-state index in [-0.39, 0.29) is 5.91 Å². The van der Waals surface area contributed by atoms with Crippen LogP contribution < -0.4 is 5.32 Å². The van der Waals surface area contributed by atoms with Gasteiger partial charge in [0.15, 0.2) is 5.69 Å². The number of carbonyl (C=O) groups is 1. The molecule has 1 N–H and O–H groups in total. The van der Waals surface area contributed by atoms with Crippen molar-refractivity contribution in [1.82, 2.24) is 14.7 Å². The predicted octanol–water partition coefficient (Wildman–Crippen LogP) is 3.95. The Morgan fingerprint density at radius 1 is 1.48 bits per heavy atom. The second-order valence-corrected chi connectivity index (χ2v) is 7.09. The van der Waals surface area contributed by atoms with Crippen molar-refractivity contribution >= 4 is 39.1 Å². The van der Waals surface area contributed by atoms with Crippen LogP contribution in [0.25, 0.3) is 0 Å². The van der Waals surface area contributed by atoms with Crippen molar-refractivity contribution in [2.24, 2.45) is 0 Å². The summed E-state index contributed by atoms with van der Waals surface area (Å²) in [6.07, 6.45) is 2.15. The number of fused-ring (bicyclic) bond motifs is 1. The fraction of sp³-hybridized carbons (Fsp3) is 0.375. The molecule has 3 rings (SSSR count). The molecule has 122 valence electrons. The van der Waals surface area contributed by atoms with Crippen LogP contribution in [0.1, 0.15) is 35.1 Å². The lowest BCUT2D eigenvalue weighted by atomic mass is 10.0. The van der Waals surface area contributed by atoms with Gasteiger partial charge >= 0.3 is 0 Å². The first-order valence-corrected chi connectivity index (χ1v) is 8.64. The number of nitrogens with zero attached hydrogens (tertiary/aromatic N) is 3. The quantitative estimate of drug-likeness (QED) is 0.853. The fourth-order valence-electron chi connectivity index (χ4n) is 2.88. The van der Waals surface area contributed by atoms with Crippen LogP contribution in [0.15, 0.2) is 28.7 Å². The Bertz CT molecular complexity index is 744. The van der Waals surface area contributed by atoms with Crippen molar-refractivity contribution < 1.29 is 4.79 Å². The number of nitrogens with one attached hydrogen (secondary N) is 1. The molecule has 2 heterocycles. The maximum Gasteiger partial charge on any atom is 0.276 e. The van der Waals surface area contributed by atoms with Gasteiger partial charge < -0.3 is 10.2 Å². The zero-order valence-electron chi connectivity index (χ0n) is 13.0. The second-order valence-electron chi connectivity index (χ2n) is 5.85. The summed E-state index contributed by atoms with van der Waals surface area (Å²) >= 11 is 9.55. The van der Waals surface area contributed by atoms with E-state index in [1.165, 1.54) is 0 Å². The summed E-state index contributed by atoms with van der Waals surface area (Å²) in [7, 11) is 4.10. The van der Waals surface area contributed by atoms with Crippen LogP contribution in [0.4, 0.5) is 5.69 Å². The van der Waals surface area contributed by atoms with Gasteiger partial charge in [-0.05, 0) is 61.1 Å². The van der Waals surface area contributed by atoms with Gasteiger partial charge in [-0.2, -0.15) is 5.10 Å². The van der Waals surface area contributed by atoms with Crippen molar-refractivity contribution in [1.29, 1.82) is 0 Å². The number of halogens is 2. The number of amides is 1. The molecular weight excluding hydrogens is 380 g/mol. The second kappa shape index (κ2) is 6.63. The Labute approximate surface area is 148 Å². The Kier molecular flexibility index (Phi) is 4.75. The number of benzene rings is 1. The molecule has 1 atom stereocenters. The van der Waals surface area contributed by atoms with E-state index >= 15 is 0 Å². The molecule has 0 spiro atoms. The van der Waals surface area contributed by atoms with E-state index in [1.807, 2.05) is 37.0 Å². The zero-order chi connectivity index (χ0) is 16.6. The summed E-state index contributed by atoms with van der Waals surface area (Å²) < 4.78 is 2.68. The molecule has 1 aromatic carbocycles. The van der Waals surface area contributed by atoms with Gasteiger partial charge in [0.1, 0.15) is 0 Å². The van der Waals surface area contributed by atoms with Crippen molar-refractivity contribution in [2.45, 2.75) is 25.4 Å². The topological polar surface area (TPSA) is 50.2 Å². The lowest BCUT2D eigenvalue weighted by Gasteiger charge is -2.28. The Morgan fingerprint density at radius 2 is 2.26 bits per heavy atom. The van der Waals surface area contributed by atoms with Gasteiger partial charge in [-0.1, -0.05) is 17.7 Å². The highest BCUT2D eigenvalue weighted by Gasteiger charge is 2.26. The minimum Gasteiger partial charge on any atom is -0.319 e. The van der Waals surface area contributed by atoms with E-state index in [1.54, 1.807) is 6.07 Å². The smallest absolute Gasteiger partial charge is 0.276 e. The minimum atomic E-state index is -0.246. The van der Waals surface area contributed by atoms with Crippen LogP contribution in [0.5, 0.6) is 0 Å². The molecule has 0 aliphatic carbocycles. The number of aryl methyl sites for hydroxylation is 1. The summed E-state index contributed by atoms with van der Waals surface area (Å²) in [5, 5.41) is 7.77. The molecular formula is C16H18BrClN4O. The summed E-state index contributed by atoms with van der Waals surface area (Å²) in [5.74, 6) is -0.246. The van der Waals surface area contributed by atoms with Crippen LogP contribution in [0.2, 0.25) is 5.02 Å². The van der Waals surface area contributed by atoms with Crippen molar-refractivity contribution in [2.75, 3.05) is 19.4 Å². The zero-order valence-corrected chi connectivity index (χ0v) is 15.4. The van der Waals surface area contributed by atoms with Crippen LogP contribution in [-0.4, -0.2) is 34.7 Å². The van der Waals surface area contributed by atoms with Crippen LogP contribution in [0, 0.1) is 0 Å². The summed E-state index contributed by atoms with van der Waals surface area (Å²) in [6.45, 7) is 0.852. The van der Waals surface area contributed by atoms with Crippen LogP contribution in [-0.2, 0) is 6.54 Å². The van der Waals surface area contributed by atoms with Gasteiger partial charge in [-0.3, -0.25) is 9.48 Å². The number of hydrogen-bond acceptors (Lipinski definition) is 3. The molecule has 2 aromatic rings. The molecule has 1 aliphatic rings. The van der Waals surface area contributed by atoms with Crippen LogP contribution >= 0.6 is 27.5 Å². The third-order valence-electron chi connectivity index (χ3n) is 4.06. The molecule has 0 radical (unpaired) electrons. The summed E-state index contributed by atoms with van der Waals surface area (Å²) in [4.78, 5) is 14.7. The van der Waals surface area contributed by atoms with Crippen molar-refractivity contribution in [3.05, 3.63) is 45.1 Å². The summed E-state index contributed by atoms with van der Waals surface area (Å²) in [5.41, 5.74) is 2.08. The van der Waals surface area contributed by atoms with Gasteiger partial charge in [0.2, 0.25) is 0 Å². The lowest BCUT2D eigenvalue weighted by Crippen LogP contribution is -2.26. The minimum absolute atomic E-state index is 0.246. The lowest BCUT2D eigenvalue weighted by molar-refractivity contribution is 0.102. The normalized spacial score (nSPS) is 17.2. The van der Waals surface area contributed by atoms with E-state index in [0.29, 0.717) is 22.4 Å². The van der Waals surface area contributed by atoms with E-state index in [9.17, 15) is 4.79 Å². The van der Waals surface area contributed by atoms with E-state index in [0.717, 1.165) is 29.6 Å². The molecule has 1 amide bonds. The molecule has 5 nitrogen and oxygen atoms in total. The third kappa shape index (κ3) is 3.29. The maximum atomic E-state index is 12.5. The number of anilines is 1. The first-order valence-electron chi connectivity index (χ1n) is 7.47. The van der Waals surface area contributed by atoms with Gasteiger partial charge in [0, 0.05) is 11.0 Å². The predicted molar refractivity (Wildman–Crippen MR) is 95.0 cm³/mol. The Balaban J connectivity index is 1.85. The van der Waals surface area contributed by atoms with Gasteiger partial charge in [-0.25, -0.2) is 0 Å². The van der Waals surface area contributed by atoms with Crippen LogP contribution in [0.3, 0.4) is 0 Å². The number of carbonyl (C=O) groups excluding carboxylic acids is 1. The molecule has 0 bridgehead atoms. The summed E-state index contributed by atoms with van der Waals surface area (Å²) in [6, 6.07) is 7.60. The molecule has 0 saturated carbocycles. The van der Waals surface area contributed by atoms with E-state index in [4.69, 9.17) is 11.6 Å². The number of hydrogen-bond donors (Lipinski definition) is 1. The van der Waals surface area contributed by atoms with Gasteiger partial charge in [0.25, 0.3) is 5.91 Å². The van der Waals surface area contributed by atoms with Crippen molar-refractivity contribution in [3.8, 4) is 0 Å². The largest absolute Gasteiger partial charge is 0.319 e. The van der Waals surface area contributed by atoms with Gasteiger partial charge in [0.05, 0.1) is 22.4 Å². The maximum absolute atomic E-state index is 12.5. The molecule has 7 heteroatoms. The molecule has 1 aromatic heterocycles. The molecule has 23 heavy (non-hydrogen) atoms. The average Bonchev–Trinajstić information content (AvgIpc) is 2.95. The monoisotopic (exact) mass is 396 g/mol. The van der Waals surface area contributed by atoms with E-state index in [2.05, 4.69) is 31.2 Å². The molecule has 0 unspecified atom stereocenters. The molecule has 1 aliphatic heterocycles. The van der Waals surface area contributed by atoms with Gasteiger partial charge in [-0.15, -0.1) is 0 Å². The standard InChI is InChI=1S/C16H18BrClN4O/c1-21(2)13-7-4-8-22-14(13)9-12(20-22)16(23)19-11-6-3-5-10(17)15(11)18/h3,5-6,9,13H,4,7-8H2,1-2H3,(H,19,23)/t13-/m0/s1. The van der Waals surface area contributed by atoms with E-state index < -0.39 is 0 Å². The molecule has 0 fully saturated rings. The molecule has 0 saturated heterocycles. The Morgan fingerprint density at radius 3 is 3.00 bits per heavy atom. The third-order valence-corrected chi connectivity index (χ3v) is 5.35. The average molecular weight is 398 g/mol. The highest BCUT2D eigenvalue weighted by Crippen LogP contribution is 2.31. The van der Waals surface area contributed by atoms with Crippen molar-refractivity contribution in [3.63, 3.8) is 0 Å². The fourth-order valence-corrected chi connectivity index (χ4v) is 3.42.